The first-order chi connectivity index (χ1) is 10.8. The van der Waals surface area contributed by atoms with Crippen molar-refractivity contribution in [3.63, 3.8) is 0 Å². The van der Waals surface area contributed by atoms with E-state index >= 15 is 0 Å². The Balaban J connectivity index is 1.71. The van der Waals surface area contributed by atoms with E-state index in [9.17, 15) is 4.39 Å². The molecule has 7 heteroatoms. The highest BCUT2D eigenvalue weighted by Gasteiger charge is 2.24. The summed E-state index contributed by atoms with van der Waals surface area (Å²) in [6.07, 6.45) is 2.31. The second kappa shape index (κ2) is 5.34. The van der Waals surface area contributed by atoms with E-state index in [1.807, 2.05) is 30.5 Å². The summed E-state index contributed by atoms with van der Waals surface area (Å²) in [4.78, 5) is 10.3. The summed E-state index contributed by atoms with van der Waals surface area (Å²) in [5.74, 6) is 1.04. The highest BCUT2D eigenvalue weighted by Crippen LogP contribution is 2.21. The molecule has 3 aromatic rings. The fourth-order valence-electron chi connectivity index (χ4n) is 2.51. The number of anilines is 1. The van der Waals surface area contributed by atoms with Crippen LogP contribution in [0.25, 0.3) is 17.0 Å². The first-order valence-corrected chi connectivity index (χ1v) is 7.07. The number of pyridine rings is 1. The van der Waals surface area contributed by atoms with Gasteiger partial charge in [-0.2, -0.15) is 5.10 Å². The highest BCUT2D eigenvalue weighted by atomic mass is 19.1. The zero-order valence-corrected chi connectivity index (χ0v) is 11.8. The number of aromatic nitrogens is 4. The summed E-state index contributed by atoms with van der Waals surface area (Å²) in [6.45, 7) is 1.03. The van der Waals surface area contributed by atoms with E-state index in [2.05, 4.69) is 15.1 Å². The zero-order chi connectivity index (χ0) is 14.9. The Hall–Kier alpha value is -2.54. The van der Waals surface area contributed by atoms with Gasteiger partial charge in [-0.1, -0.05) is 6.07 Å². The minimum atomic E-state index is -1.18. The van der Waals surface area contributed by atoms with Crippen LogP contribution in [0.15, 0.2) is 42.7 Å². The van der Waals surface area contributed by atoms with Crippen LogP contribution in [0, 0.1) is 0 Å². The van der Waals surface area contributed by atoms with Gasteiger partial charge in [-0.15, -0.1) is 0 Å². The van der Waals surface area contributed by atoms with Crippen LogP contribution in [0.2, 0.25) is 0 Å². The Kier molecular flexibility index (Phi) is 3.19. The molecule has 0 saturated carbocycles. The van der Waals surface area contributed by atoms with Crippen molar-refractivity contribution in [3.8, 4) is 11.5 Å². The number of morpholine rings is 1. The number of alkyl halides is 1. The molecule has 22 heavy (non-hydrogen) atoms. The maximum absolute atomic E-state index is 14.0. The molecule has 4 heterocycles. The fourth-order valence-corrected chi connectivity index (χ4v) is 2.51. The van der Waals surface area contributed by atoms with Gasteiger partial charge in [-0.05, 0) is 24.3 Å². The summed E-state index contributed by atoms with van der Waals surface area (Å²) >= 11 is 0. The lowest BCUT2D eigenvalue weighted by atomic mass is 10.3. The van der Waals surface area contributed by atoms with Crippen molar-refractivity contribution in [3.05, 3.63) is 42.7 Å². The minimum Gasteiger partial charge on any atom is -0.375 e. The van der Waals surface area contributed by atoms with Crippen molar-refractivity contribution < 1.29 is 9.13 Å². The summed E-state index contributed by atoms with van der Waals surface area (Å²) in [5, 5.41) is 4.44. The number of hydrogen-bond donors (Lipinski definition) is 0. The van der Waals surface area contributed by atoms with Crippen LogP contribution in [-0.2, 0) is 4.74 Å². The Bertz CT molecular complexity index is 772. The molecule has 6 nitrogen and oxygen atoms in total. The van der Waals surface area contributed by atoms with Crippen LogP contribution in [0.1, 0.15) is 0 Å². The van der Waals surface area contributed by atoms with Crippen molar-refractivity contribution in [2.75, 3.05) is 24.7 Å². The lowest BCUT2D eigenvalue weighted by Crippen LogP contribution is -2.43. The number of nitrogens with zero attached hydrogens (tertiary/aromatic N) is 5. The van der Waals surface area contributed by atoms with Crippen LogP contribution in [-0.4, -0.2) is 45.6 Å². The third kappa shape index (κ3) is 2.29. The van der Waals surface area contributed by atoms with Crippen molar-refractivity contribution in [2.24, 2.45) is 0 Å². The van der Waals surface area contributed by atoms with E-state index in [0.29, 0.717) is 30.5 Å². The first kappa shape index (κ1) is 13.1. The van der Waals surface area contributed by atoms with E-state index in [4.69, 9.17) is 4.74 Å². The summed E-state index contributed by atoms with van der Waals surface area (Å²) in [5.41, 5.74) is 1.62. The lowest BCUT2D eigenvalue weighted by Gasteiger charge is -2.31. The van der Waals surface area contributed by atoms with Gasteiger partial charge in [0.25, 0.3) is 0 Å². The Labute approximate surface area is 126 Å². The maximum atomic E-state index is 14.0. The van der Waals surface area contributed by atoms with Gasteiger partial charge in [0.05, 0.1) is 18.7 Å². The molecule has 1 atom stereocenters. The molecule has 0 radical (unpaired) electrons. The number of fused-ring (bicyclic) bond motifs is 1. The van der Waals surface area contributed by atoms with Gasteiger partial charge in [0.2, 0.25) is 0 Å². The third-order valence-electron chi connectivity index (χ3n) is 3.60. The number of rotatable bonds is 2. The predicted octanol–water partition coefficient (Wildman–Crippen LogP) is 1.92. The maximum Gasteiger partial charge on any atom is 0.197 e. The third-order valence-corrected chi connectivity index (χ3v) is 3.60. The Morgan fingerprint density at radius 1 is 1.27 bits per heavy atom. The summed E-state index contributed by atoms with van der Waals surface area (Å²) in [6, 6.07) is 9.42. The van der Waals surface area contributed by atoms with E-state index in [1.54, 1.807) is 21.7 Å². The molecule has 0 bridgehead atoms. The SMILES string of the molecule is FC1COCCN1c1ccnc(-c2cc3ccccn3n2)n1. The quantitative estimate of drug-likeness (QED) is 0.677. The van der Waals surface area contributed by atoms with Gasteiger partial charge in [0.15, 0.2) is 12.1 Å². The van der Waals surface area contributed by atoms with E-state index in [1.165, 1.54) is 0 Å². The average Bonchev–Trinajstić information content (AvgIpc) is 2.99. The molecule has 0 aliphatic carbocycles. The summed E-state index contributed by atoms with van der Waals surface area (Å²) in [7, 11) is 0. The molecule has 1 aliphatic heterocycles. The molecule has 1 aliphatic rings. The number of hydrogen-bond acceptors (Lipinski definition) is 5. The lowest BCUT2D eigenvalue weighted by molar-refractivity contribution is 0.0492. The van der Waals surface area contributed by atoms with Crippen LogP contribution in [0.4, 0.5) is 10.2 Å². The fraction of sp³-hybridized carbons (Fsp3) is 0.267. The van der Waals surface area contributed by atoms with Crippen LogP contribution in [0.3, 0.4) is 0 Å². The second-order valence-corrected chi connectivity index (χ2v) is 5.04. The van der Waals surface area contributed by atoms with Crippen LogP contribution < -0.4 is 4.90 Å². The van der Waals surface area contributed by atoms with Crippen LogP contribution >= 0.6 is 0 Å². The van der Waals surface area contributed by atoms with Crippen molar-refractivity contribution in [2.45, 2.75) is 6.30 Å². The molecule has 0 spiro atoms. The normalized spacial score (nSPS) is 18.8. The Morgan fingerprint density at radius 3 is 3.09 bits per heavy atom. The standard InChI is InChI=1S/C15H14FN5O/c16-13-10-22-8-7-20(13)14-4-5-17-15(18-14)12-9-11-3-1-2-6-21(11)19-12/h1-6,9,13H,7-8,10H2. The van der Waals surface area contributed by atoms with Gasteiger partial charge in [0.1, 0.15) is 11.5 Å². The van der Waals surface area contributed by atoms with Gasteiger partial charge in [-0.3, -0.25) is 0 Å². The average molecular weight is 299 g/mol. The predicted molar refractivity (Wildman–Crippen MR) is 79.3 cm³/mol. The molecule has 112 valence electrons. The van der Waals surface area contributed by atoms with Gasteiger partial charge < -0.3 is 9.64 Å². The van der Waals surface area contributed by atoms with Gasteiger partial charge >= 0.3 is 0 Å². The molecular formula is C15H14FN5O. The molecule has 3 aromatic heterocycles. The minimum absolute atomic E-state index is 0.0632. The summed E-state index contributed by atoms with van der Waals surface area (Å²) < 4.78 is 20.8. The highest BCUT2D eigenvalue weighted by molar-refractivity contribution is 5.61. The first-order valence-electron chi connectivity index (χ1n) is 7.07. The van der Waals surface area contributed by atoms with Crippen molar-refractivity contribution in [1.29, 1.82) is 0 Å². The van der Waals surface area contributed by atoms with Crippen molar-refractivity contribution in [1.82, 2.24) is 19.6 Å². The van der Waals surface area contributed by atoms with Gasteiger partial charge in [0, 0.05) is 18.9 Å². The van der Waals surface area contributed by atoms with Crippen molar-refractivity contribution >= 4 is 11.3 Å². The second-order valence-electron chi connectivity index (χ2n) is 5.04. The molecule has 0 aromatic carbocycles. The topological polar surface area (TPSA) is 55.5 Å². The zero-order valence-electron chi connectivity index (χ0n) is 11.8. The molecule has 0 amide bonds. The van der Waals surface area contributed by atoms with E-state index in [-0.39, 0.29) is 6.61 Å². The smallest absolute Gasteiger partial charge is 0.197 e. The molecule has 1 saturated heterocycles. The largest absolute Gasteiger partial charge is 0.375 e. The number of ether oxygens (including phenoxy) is 1. The molecule has 0 N–H and O–H groups in total. The molecule has 1 fully saturated rings. The van der Waals surface area contributed by atoms with E-state index in [0.717, 1.165) is 5.52 Å². The molecule has 1 unspecified atom stereocenters. The monoisotopic (exact) mass is 299 g/mol. The van der Waals surface area contributed by atoms with E-state index < -0.39 is 6.30 Å². The van der Waals surface area contributed by atoms with Gasteiger partial charge in [-0.25, -0.2) is 18.9 Å². The Morgan fingerprint density at radius 2 is 2.23 bits per heavy atom. The molecular weight excluding hydrogens is 285 g/mol. The van der Waals surface area contributed by atoms with Crippen LogP contribution in [0.5, 0.6) is 0 Å². The number of halogens is 1. The molecule has 4 rings (SSSR count).